The van der Waals surface area contributed by atoms with Crippen LogP contribution in [0.25, 0.3) is 5.95 Å². The molecule has 2 heterocycles. The van der Waals surface area contributed by atoms with Crippen LogP contribution in [0.3, 0.4) is 0 Å². The topological polar surface area (TPSA) is 157 Å². The first kappa shape index (κ1) is 24.6. The van der Waals surface area contributed by atoms with Crippen molar-refractivity contribution in [2.24, 2.45) is 5.73 Å². The average Bonchev–Trinajstić information content (AvgIpc) is 3.29. The number of hydrogen-bond donors (Lipinski definition) is 4. The zero-order valence-electron chi connectivity index (χ0n) is 20.1. The van der Waals surface area contributed by atoms with E-state index in [9.17, 15) is 4.79 Å². The average molecular weight is 489 g/mol. The van der Waals surface area contributed by atoms with Crippen LogP contribution in [0.2, 0.25) is 0 Å². The summed E-state index contributed by atoms with van der Waals surface area (Å²) in [6.45, 7) is 2.93. The lowest BCUT2D eigenvalue weighted by Crippen LogP contribution is -2.18. The number of nitrogens with one attached hydrogen (secondary N) is 3. The number of H-pyrrole nitrogens is 1. The Morgan fingerprint density at radius 1 is 1.17 bits per heavy atom. The number of benzene rings is 2. The molecule has 0 fully saturated rings. The molecule has 11 heteroatoms. The molecule has 4 aromatic rings. The molecule has 0 radical (unpaired) electrons. The normalized spacial score (nSPS) is 11.7. The number of anilines is 1. The van der Waals surface area contributed by atoms with Gasteiger partial charge in [0.15, 0.2) is 5.82 Å². The Labute approximate surface area is 207 Å². The number of nitrogen functional groups attached to an aromatic ring is 1. The van der Waals surface area contributed by atoms with Gasteiger partial charge >= 0.3 is 5.69 Å². The number of nitrogens with two attached hydrogens (primary N) is 1. The zero-order valence-corrected chi connectivity index (χ0v) is 20.1. The number of aromatic nitrogens is 5. The van der Waals surface area contributed by atoms with E-state index >= 15 is 0 Å². The summed E-state index contributed by atoms with van der Waals surface area (Å²) < 4.78 is 12.1. The van der Waals surface area contributed by atoms with Gasteiger partial charge in [0.05, 0.1) is 6.61 Å². The third-order valence-corrected chi connectivity index (χ3v) is 5.44. The van der Waals surface area contributed by atoms with Gasteiger partial charge < -0.3 is 20.5 Å². The van der Waals surface area contributed by atoms with E-state index < -0.39 is 11.7 Å². The summed E-state index contributed by atoms with van der Waals surface area (Å²) in [5.41, 5.74) is 8.40. The van der Waals surface area contributed by atoms with Crippen LogP contribution in [-0.2, 0) is 11.2 Å². The SMILES string of the molecule is CCc1cc(OCCOC)cc(C(Nc2ccc(C(=N)N)cc2)c2nn(-c3ncccn3)c(=O)[nH]2)c1. The third kappa shape index (κ3) is 5.76. The standard InChI is InChI=1S/C25H28N8O3/c1-3-16-13-18(15-20(14-16)36-12-11-35-2)21(30-19-7-5-17(6-8-19)22(26)27)23-31-25(34)33(32-23)24-28-9-4-10-29-24/h4-10,13-15,21,30H,3,11-12H2,1-2H3,(H3,26,27)(H,31,32,34). The first-order chi connectivity index (χ1) is 17.5. The molecule has 36 heavy (non-hydrogen) atoms. The molecular formula is C25H28N8O3. The molecular weight excluding hydrogens is 460 g/mol. The highest BCUT2D eigenvalue weighted by Gasteiger charge is 2.22. The largest absolute Gasteiger partial charge is 0.491 e. The molecule has 0 bridgehead atoms. The molecule has 0 amide bonds. The van der Waals surface area contributed by atoms with E-state index in [-0.39, 0.29) is 11.8 Å². The lowest BCUT2D eigenvalue weighted by molar-refractivity contribution is 0.146. The van der Waals surface area contributed by atoms with Gasteiger partial charge in [-0.2, -0.15) is 0 Å². The van der Waals surface area contributed by atoms with Crippen LogP contribution in [0.4, 0.5) is 5.69 Å². The first-order valence-electron chi connectivity index (χ1n) is 11.4. The molecule has 0 spiro atoms. The van der Waals surface area contributed by atoms with Gasteiger partial charge in [-0.15, -0.1) is 9.78 Å². The predicted molar refractivity (Wildman–Crippen MR) is 136 cm³/mol. The number of nitrogens with zero attached hydrogens (tertiary/aromatic N) is 4. The maximum atomic E-state index is 12.8. The Hall–Kier alpha value is -4.51. The number of methoxy groups -OCH3 is 1. The van der Waals surface area contributed by atoms with Crippen molar-refractivity contribution < 1.29 is 9.47 Å². The van der Waals surface area contributed by atoms with Crippen LogP contribution in [0.5, 0.6) is 5.75 Å². The van der Waals surface area contributed by atoms with Gasteiger partial charge in [-0.25, -0.2) is 14.8 Å². The molecule has 2 aromatic heterocycles. The third-order valence-electron chi connectivity index (χ3n) is 5.44. The fourth-order valence-corrected chi connectivity index (χ4v) is 3.61. The number of ether oxygens (including phenoxy) is 2. The summed E-state index contributed by atoms with van der Waals surface area (Å²) in [4.78, 5) is 23.9. The van der Waals surface area contributed by atoms with Crippen LogP contribution in [0.15, 0.2) is 65.7 Å². The van der Waals surface area contributed by atoms with Crippen molar-refractivity contribution in [2.45, 2.75) is 19.4 Å². The minimum absolute atomic E-state index is 0.0162. The second-order valence-corrected chi connectivity index (χ2v) is 7.95. The number of aryl methyl sites for hydroxylation is 1. The van der Waals surface area contributed by atoms with E-state index in [1.54, 1.807) is 37.7 Å². The number of amidine groups is 1. The van der Waals surface area contributed by atoms with Crippen molar-refractivity contribution in [3.63, 3.8) is 0 Å². The molecule has 0 aliphatic rings. The fraction of sp³-hybridized carbons (Fsp3) is 0.240. The molecule has 0 saturated heterocycles. The van der Waals surface area contributed by atoms with Gasteiger partial charge in [0.1, 0.15) is 24.2 Å². The van der Waals surface area contributed by atoms with Crippen molar-refractivity contribution in [2.75, 3.05) is 25.6 Å². The quantitative estimate of drug-likeness (QED) is 0.142. The second-order valence-electron chi connectivity index (χ2n) is 7.95. The van der Waals surface area contributed by atoms with Gasteiger partial charge in [0.2, 0.25) is 0 Å². The Bertz CT molecular complexity index is 1370. The Balaban J connectivity index is 1.77. The van der Waals surface area contributed by atoms with Crippen molar-refractivity contribution in [3.8, 4) is 11.7 Å². The fourth-order valence-electron chi connectivity index (χ4n) is 3.61. The number of aromatic amines is 1. The monoisotopic (exact) mass is 488 g/mol. The van der Waals surface area contributed by atoms with E-state index in [0.717, 1.165) is 27.9 Å². The van der Waals surface area contributed by atoms with Crippen LogP contribution >= 0.6 is 0 Å². The van der Waals surface area contributed by atoms with Gasteiger partial charge in [-0.1, -0.05) is 13.0 Å². The van der Waals surface area contributed by atoms with Crippen molar-refractivity contribution >= 4 is 11.5 Å². The highest BCUT2D eigenvalue weighted by atomic mass is 16.5. The number of rotatable bonds is 11. The van der Waals surface area contributed by atoms with E-state index in [1.165, 1.54) is 0 Å². The van der Waals surface area contributed by atoms with Crippen LogP contribution in [-0.4, -0.2) is 50.9 Å². The smallest absolute Gasteiger partial charge is 0.350 e. The lowest BCUT2D eigenvalue weighted by Gasteiger charge is -2.20. The highest BCUT2D eigenvalue weighted by molar-refractivity contribution is 5.95. The van der Waals surface area contributed by atoms with Crippen LogP contribution in [0, 0.1) is 5.41 Å². The summed E-state index contributed by atoms with van der Waals surface area (Å²) in [5.74, 6) is 1.21. The molecule has 1 unspecified atom stereocenters. The Kier molecular flexibility index (Phi) is 7.71. The molecule has 186 valence electrons. The number of hydrogen-bond acceptors (Lipinski definition) is 8. The maximum absolute atomic E-state index is 12.8. The summed E-state index contributed by atoms with van der Waals surface area (Å²) >= 11 is 0. The molecule has 2 aromatic carbocycles. The summed E-state index contributed by atoms with van der Waals surface area (Å²) in [5, 5.41) is 15.6. The van der Waals surface area contributed by atoms with Gasteiger partial charge in [-0.3, -0.25) is 10.4 Å². The lowest BCUT2D eigenvalue weighted by atomic mass is 10.0. The minimum atomic E-state index is -0.540. The van der Waals surface area contributed by atoms with Crippen molar-refractivity contribution in [3.05, 3.63) is 93.9 Å². The molecule has 5 N–H and O–H groups in total. The van der Waals surface area contributed by atoms with Crippen LogP contribution in [0.1, 0.15) is 35.5 Å². The van der Waals surface area contributed by atoms with E-state index in [2.05, 4.69) is 32.3 Å². The molecule has 0 aliphatic heterocycles. The first-order valence-corrected chi connectivity index (χ1v) is 11.4. The second kappa shape index (κ2) is 11.3. The zero-order chi connectivity index (χ0) is 25.5. The van der Waals surface area contributed by atoms with Gasteiger partial charge in [0.25, 0.3) is 5.95 Å². The molecule has 1 atom stereocenters. The predicted octanol–water partition coefficient (Wildman–Crippen LogP) is 2.42. The molecule has 4 rings (SSSR count). The molecule has 0 aliphatic carbocycles. The Morgan fingerprint density at radius 2 is 1.92 bits per heavy atom. The van der Waals surface area contributed by atoms with Crippen LogP contribution < -0.4 is 21.5 Å². The Morgan fingerprint density at radius 3 is 2.58 bits per heavy atom. The highest BCUT2D eigenvalue weighted by Crippen LogP contribution is 2.29. The van der Waals surface area contributed by atoms with Gasteiger partial charge in [0, 0.05) is 30.8 Å². The van der Waals surface area contributed by atoms with Gasteiger partial charge in [-0.05, 0) is 60.0 Å². The summed E-state index contributed by atoms with van der Waals surface area (Å²) in [7, 11) is 1.62. The minimum Gasteiger partial charge on any atom is -0.491 e. The summed E-state index contributed by atoms with van der Waals surface area (Å²) in [6.07, 6.45) is 3.88. The van der Waals surface area contributed by atoms with Crippen molar-refractivity contribution in [1.82, 2.24) is 24.7 Å². The van der Waals surface area contributed by atoms with E-state index in [4.69, 9.17) is 20.6 Å². The van der Waals surface area contributed by atoms with E-state index in [1.807, 2.05) is 30.3 Å². The maximum Gasteiger partial charge on any atom is 0.350 e. The molecule has 0 saturated carbocycles. The van der Waals surface area contributed by atoms with Crippen molar-refractivity contribution in [1.29, 1.82) is 5.41 Å². The molecule has 11 nitrogen and oxygen atoms in total. The van der Waals surface area contributed by atoms with E-state index in [0.29, 0.717) is 30.4 Å². The summed E-state index contributed by atoms with van der Waals surface area (Å²) in [6, 6.07) is 14.2.